The topological polar surface area (TPSA) is 42.4 Å². The van der Waals surface area contributed by atoms with Gasteiger partial charge in [-0.15, -0.1) is 11.3 Å². The van der Waals surface area contributed by atoms with Gasteiger partial charge in [0.05, 0.1) is 23.7 Å². The van der Waals surface area contributed by atoms with Crippen LogP contribution in [0.4, 0.5) is 4.39 Å². The molecule has 0 bridgehead atoms. The van der Waals surface area contributed by atoms with E-state index in [9.17, 15) is 9.18 Å². The van der Waals surface area contributed by atoms with Gasteiger partial charge >= 0.3 is 5.97 Å². The maximum Gasteiger partial charge on any atom is 0.312 e. The number of thiophene rings is 1. The first-order valence-electron chi connectivity index (χ1n) is 11.5. The normalized spacial score (nSPS) is 16.1. The Kier molecular flexibility index (Phi) is 7.83. The molecule has 0 aliphatic carbocycles. The number of fused-ring (bicyclic) bond motifs is 1. The number of nitrogens with zero attached hydrogens (tertiary/aromatic N) is 2. The molecule has 1 fully saturated rings. The Morgan fingerprint density at radius 2 is 2.03 bits per heavy atom. The minimum atomic E-state index is -0.517. The lowest BCUT2D eigenvalue weighted by molar-refractivity contribution is -0.159. The number of esters is 1. The van der Waals surface area contributed by atoms with E-state index in [1.165, 1.54) is 6.20 Å². The molecule has 0 saturated carbocycles. The lowest BCUT2D eigenvalue weighted by atomic mass is 9.74. The van der Waals surface area contributed by atoms with E-state index in [0.29, 0.717) is 25.0 Å². The van der Waals surface area contributed by atoms with Crippen molar-refractivity contribution < 1.29 is 13.9 Å². The van der Waals surface area contributed by atoms with E-state index < -0.39 is 5.41 Å². The van der Waals surface area contributed by atoms with Crippen molar-refractivity contribution in [2.45, 2.75) is 39.0 Å². The van der Waals surface area contributed by atoms with Gasteiger partial charge in [0, 0.05) is 21.7 Å². The molecule has 1 aliphatic heterocycles. The summed E-state index contributed by atoms with van der Waals surface area (Å²) in [6.45, 7) is 4.56. The van der Waals surface area contributed by atoms with Crippen LogP contribution in [0.1, 0.15) is 43.0 Å². The van der Waals surface area contributed by atoms with Crippen LogP contribution in [-0.2, 0) is 16.0 Å². The van der Waals surface area contributed by atoms with Crippen molar-refractivity contribution in [1.29, 1.82) is 0 Å². The molecule has 0 amide bonds. The van der Waals surface area contributed by atoms with E-state index in [2.05, 4.69) is 16.0 Å². The van der Waals surface area contributed by atoms with Gasteiger partial charge in [0.25, 0.3) is 0 Å². The van der Waals surface area contributed by atoms with Crippen LogP contribution in [0.15, 0.2) is 48.0 Å². The predicted octanol–water partition coefficient (Wildman–Crippen LogP) is 5.82. The van der Waals surface area contributed by atoms with Gasteiger partial charge in [0.15, 0.2) is 0 Å². The standard InChI is InChI=1S/C26H29FN2O2S2/c1-2-31-25(30)26(12-14-29(15-13-26)18-23(32)24-10-6-16-33-24)11-5-8-19-20-7-3-4-9-22(20)28-17-21(19)27/h3-4,6-7,9-10,16-17H,2,5,8,11-15,18H2,1H3. The number of carbonyl (C=O) groups excluding carboxylic acids is 1. The third-order valence-electron chi connectivity index (χ3n) is 6.60. The molecular formula is C26H29FN2O2S2. The Hall–Kier alpha value is -2.22. The largest absolute Gasteiger partial charge is 0.466 e. The van der Waals surface area contributed by atoms with Crippen molar-refractivity contribution in [3.63, 3.8) is 0 Å². The summed E-state index contributed by atoms with van der Waals surface area (Å²) in [7, 11) is 0. The van der Waals surface area contributed by atoms with Crippen LogP contribution in [0, 0.1) is 11.2 Å². The van der Waals surface area contributed by atoms with Crippen LogP contribution in [0.5, 0.6) is 0 Å². The van der Waals surface area contributed by atoms with Crippen molar-refractivity contribution in [3.05, 3.63) is 64.2 Å². The van der Waals surface area contributed by atoms with E-state index in [-0.39, 0.29) is 11.8 Å². The van der Waals surface area contributed by atoms with Crippen LogP contribution in [0.25, 0.3) is 10.9 Å². The highest BCUT2D eigenvalue weighted by molar-refractivity contribution is 7.81. The number of likely N-dealkylation sites (tertiary alicyclic amines) is 1. The molecule has 3 aromatic rings. The number of ether oxygens (including phenoxy) is 1. The number of para-hydroxylation sites is 1. The molecule has 0 spiro atoms. The maximum atomic E-state index is 14.6. The Labute approximate surface area is 203 Å². The van der Waals surface area contributed by atoms with Gasteiger partial charge in [-0.3, -0.25) is 14.7 Å². The summed E-state index contributed by atoms with van der Waals surface area (Å²) in [5.41, 5.74) is 0.957. The van der Waals surface area contributed by atoms with E-state index in [1.807, 2.05) is 42.6 Å². The highest BCUT2D eigenvalue weighted by Crippen LogP contribution is 2.38. The molecule has 0 atom stereocenters. The summed E-state index contributed by atoms with van der Waals surface area (Å²) < 4.78 is 20.1. The van der Waals surface area contributed by atoms with E-state index in [4.69, 9.17) is 17.0 Å². The van der Waals surface area contributed by atoms with E-state index in [1.54, 1.807) is 11.3 Å². The number of piperidine rings is 1. The summed E-state index contributed by atoms with van der Waals surface area (Å²) in [5.74, 6) is -0.402. The van der Waals surface area contributed by atoms with Gasteiger partial charge in [0.2, 0.25) is 0 Å². The lowest BCUT2D eigenvalue weighted by Gasteiger charge is -2.40. The van der Waals surface area contributed by atoms with Crippen molar-refractivity contribution in [2.75, 3.05) is 26.2 Å². The predicted molar refractivity (Wildman–Crippen MR) is 135 cm³/mol. The molecule has 7 heteroatoms. The fraction of sp³-hybridized carbons (Fsp3) is 0.423. The molecule has 2 aromatic heterocycles. The maximum absolute atomic E-state index is 14.6. The molecule has 1 aromatic carbocycles. The molecule has 3 heterocycles. The molecule has 0 N–H and O–H groups in total. The molecule has 4 nitrogen and oxygen atoms in total. The SMILES string of the molecule is CCOC(=O)C1(CCCc2c(F)cnc3ccccc23)CCN(CC(=S)c2cccs2)CC1. The lowest BCUT2D eigenvalue weighted by Crippen LogP contribution is -2.46. The number of hydrogen-bond donors (Lipinski definition) is 0. The second-order valence-corrected chi connectivity index (χ2v) is 10.1. The van der Waals surface area contributed by atoms with E-state index in [0.717, 1.165) is 59.5 Å². The van der Waals surface area contributed by atoms with Gasteiger partial charge < -0.3 is 4.74 Å². The highest BCUT2D eigenvalue weighted by Gasteiger charge is 2.42. The summed E-state index contributed by atoms with van der Waals surface area (Å²) in [6, 6.07) is 11.7. The second kappa shape index (κ2) is 10.8. The number of thiocarbonyl (C=S) groups is 1. The number of aryl methyl sites for hydroxylation is 1. The van der Waals surface area contributed by atoms with Crippen molar-refractivity contribution in [3.8, 4) is 0 Å². The quantitative estimate of drug-likeness (QED) is 0.217. The number of benzene rings is 1. The zero-order chi connectivity index (χ0) is 23.3. The van der Waals surface area contributed by atoms with E-state index >= 15 is 0 Å². The highest BCUT2D eigenvalue weighted by atomic mass is 32.1. The minimum Gasteiger partial charge on any atom is -0.466 e. The first-order chi connectivity index (χ1) is 16.0. The van der Waals surface area contributed by atoms with Gasteiger partial charge in [-0.1, -0.05) is 36.5 Å². The van der Waals surface area contributed by atoms with Crippen molar-refractivity contribution in [2.24, 2.45) is 5.41 Å². The van der Waals surface area contributed by atoms with Crippen LogP contribution in [-0.4, -0.2) is 47.0 Å². The Bertz CT molecular complexity index is 1110. The number of aromatic nitrogens is 1. The monoisotopic (exact) mass is 484 g/mol. The minimum absolute atomic E-state index is 0.120. The summed E-state index contributed by atoms with van der Waals surface area (Å²) in [6.07, 6.45) is 4.75. The molecule has 4 rings (SSSR count). The molecular weight excluding hydrogens is 455 g/mol. The average molecular weight is 485 g/mol. The number of hydrogen-bond acceptors (Lipinski definition) is 6. The third kappa shape index (κ3) is 5.48. The fourth-order valence-electron chi connectivity index (χ4n) is 4.73. The smallest absolute Gasteiger partial charge is 0.312 e. The summed E-state index contributed by atoms with van der Waals surface area (Å²) in [5, 5.41) is 2.89. The van der Waals surface area contributed by atoms with Crippen LogP contribution in [0.2, 0.25) is 0 Å². The molecule has 0 unspecified atom stereocenters. The first-order valence-corrected chi connectivity index (χ1v) is 12.8. The Morgan fingerprint density at radius 3 is 2.76 bits per heavy atom. The Morgan fingerprint density at radius 1 is 1.24 bits per heavy atom. The van der Waals surface area contributed by atoms with Gasteiger partial charge in [-0.25, -0.2) is 4.39 Å². The number of carbonyl (C=O) groups is 1. The zero-order valence-corrected chi connectivity index (χ0v) is 20.5. The van der Waals surface area contributed by atoms with Crippen LogP contribution >= 0.6 is 23.6 Å². The molecule has 1 aliphatic rings. The molecule has 174 valence electrons. The van der Waals surface area contributed by atoms with Crippen molar-refractivity contribution >= 4 is 45.3 Å². The average Bonchev–Trinajstić information content (AvgIpc) is 3.37. The van der Waals surface area contributed by atoms with Crippen LogP contribution < -0.4 is 0 Å². The third-order valence-corrected chi connectivity index (χ3v) is 8.01. The Balaban J connectivity index is 1.42. The zero-order valence-electron chi connectivity index (χ0n) is 18.9. The van der Waals surface area contributed by atoms with Crippen molar-refractivity contribution in [1.82, 2.24) is 9.88 Å². The molecule has 0 radical (unpaired) electrons. The number of rotatable bonds is 9. The van der Waals surface area contributed by atoms with Crippen LogP contribution in [0.3, 0.4) is 0 Å². The first kappa shape index (κ1) is 23.9. The second-order valence-electron chi connectivity index (χ2n) is 8.63. The molecule has 33 heavy (non-hydrogen) atoms. The van der Waals surface area contributed by atoms with Gasteiger partial charge in [0.1, 0.15) is 5.82 Å². The number of pyridine rings is 1. The summed E-state index contributed by atoms with van der Waals surface area (Å²) in [4.78, 5) is 21.6. The van der Waals surface area contributed by atoms with Gasteiger partial charge in [-0.05, 0) is 75.2 Å². The fourth-order valence-corrected chi connectivity index (χ4v) is 5.78. The summed E-state index contributed by atoms with van der Waals surface area (Å²) >= 11 is 7.28. The number of halogens is 1. The van der Waals surface area contributed by atoms with Gasteiger partial charge in [-0.2, -0.15) is 0 Å². The molecule has 1 saturated heterocycles.